The third-order valence-corrected chi connectivity index (χ3v) is 5.48. The fourth-order valence-corrected chi connectivity index (χ4v) is 4.09. The van der Waals surface area contributed by atoms with E-state index in [9.17, 15) is 0 Å². The van der Waals surface area contributed by atoms with Crippen molar-refractivity contribution in [3.05, 3.63) is 52.9 Å². The lowest BCUT2D eigenvalue weighted by molar-refractivity contribution is 0.373. The molecule has 5 nitrogen and oxygen atoms in total. The molecule has 0 amide bonds. The molecule has 1 N–H and O–H groups in total. The summed E-state index contributed by atoms with van der Waals surface area (Å²) in [6, 6.07) is 13.1. The molecule has 1 aliphatic heterocycles. The van der Waals surface area contributed by atoms with Crippen molar-refractivity contribution in [3.63, 3.8) is 0 Å². The van der Waals surface area contributed by atoms with E-state index in [0.29, 0.717) is 0 Å². The maximum Gasteiger partial charge on any atom is 0.194 e. The quantitative estimate of drug-likeness (QED) is 0.389. The summed E-state index contributed by atoms with van der Waals surface area (Å²) >= 11 is 1.82. The first-order valence-electron chi connectivity index (χ1n) is 9.12. The number of piperazine rings is 1. The lowest BCUT2D eigenvalue weighted by atomic mass is 10.1. The fourth-order valence-electron chi connectivity index (χ4n) is 3.30. The molecule has 1 saturated heterocycles. The van der Waals surface area contributed by atoms with E-state index in [-0.39, 0.29) is 24.0 Å². The third-order valence-electron chi connectivity index (χ3n) is 4.55. The Morgan fingerprint density at radius 3 is 2.48 bits per heavy atom. The minimum atomic E-state index is 0. The summed E-state index contributed by atoms with van der Waals surface area (Å²) in [5.74, 6) is 0.994. The molecule has 3 rings (SSSR count). The van der Waals surface area contributed by atoms with Crippen molar-refractivity contribution in [2.75, 3.05) is 52.2 Å². The van der Waals surface area contributed by atoms with Crippen LogP contribution >= 0.6 is 35.3 Å². The molecule has 0 unspecified atom stereocenters. The topological polar surface area (TPSA) is 34.1 Å². The van der Waals surface area contributed by atoms with Crippen molar-refractivity contribution in [1.29, 1.82) is 0 Å². The summed E-state index contributed by atoms with van der Waals surface area (Å²) in [6.07, 6.45) is 0. The van der Waals surface area contributed by atoms with Crippen LogP contribution in [0.1, 0.15) is 11.1 Å². The maximum atomic E-state index is 4.49. The van der Waals surface area contributed by atoms with Gasteiger partial charge in [0.1, 0.15) is 0 Å². The summed E-state index contributed by atoms with van der Waals surface area (Å²) in [7, 11) is 6.07. The minimum Gasteiger partial charge on any atom is -0.360 e. The van der Waals surface area contributed by atoms with E-state index >= 15 is 0 Å². The highest BCUT2D eigenvalue weighted by molar-refractivity contribution is 14.0. The second-order valence-corrected chi connectivity index (χ2v) is 7.81. The Bertz CT molecular complexity index is 709. The zero-order valence-electron chi connectivity index (χ0n) is 16.4. The van der Waals surface area contributed by atoms with Gasteiger partial charge in [-0.1, -0.05) is 24.3 Å². The standard InChI is InChI=1S/C20H29N5S.HI/c1-21-20(22-15-17-6-4-7-18(14-17)16-23(2)3)25-11-9-24(10-12-25)19-8-5-13-26-19;/h4-8,13-14H,9-12,15-16H2,1-3H3,(H,21,22);1H. The number of aliphatic imine (C=N–C) groups is 1. The Kier molecular flexibility index (Phi) is 8.85. The molecule has 1 fully saturated rings. The highest BCUT2D eigenvalue weighted by atomic mass is 127. The highest BCUT2D eigenvalue weighted by Crippen LogP contribution is 2.22. The van der Waals surface area contributed by atoms with E-state index < -0.39 is 0 Å². The highest BCUT2D eigenvalue weighted by Gasteiger charge is 2.20. The van der Waals surface area contributed by atoms with Crippen molar-refractivity contribution < 1.29 is 0 Å². The Morgan fingerprint density at radius 2 is 1.85 bits per heavy atom. The molecule has 1 aliphatic rings. The number of rotatable bonds is 5. The van der Waals surface area contributed by atoms with E-state index in [4.69, 9.17) is 0 Å². The van der Waals surface area contributed by atoms with E-state index in [1.54, 1.807) is 0 Å². The summed E-state index contributed by atoms with van der Waals surface area (Å²) in [5, 5.41) is 7.04. The van der Waals surface area contributed by atoms with Gasteiger partial charge >= 0.3 is 0 Å². The van der Waals surface area contributed by atoms with Crippen molar-refractivity contribution in [3.8, 4) is 0 Å². The summed E-state index contributed by atoms with van der Waals surface area (Å²) in [6.45, 7) is 5.85. The number of anilines is 1. The largest absolute Gasteiger partial charge is 0.360 e. The van der Waals surface area contributed by atoms with Gasteiger partial charge in [0.05, 0.1) is 5.00 Å². The molecule has 0 atom stereocenters. The van der Waals surface area contributed by atoms with Gasteiger partial charge < -0.3 is 20.0 Å². The zero-order chi connectivity index (χ0) is 18.4. The molecule has 2 aromatic rings. The molecule has 1 aromatic heterocycles. The lowest BCUT2D eigenvalue weighted by Crippen LogP contribution is -2.52. The van der Waals surface area contributed by atoms with E-state index in [0.717, 1.165) is 45.2 Å². The van der Waals surface area contributed by atoms with Crippen LogP contribution in [0.5, 0.6) is 0 Å². The van der Waals surface area contributed by atoms with E-state index in [1.165, 1.54) is 16.1 Å². The first-order chi connectivity index (χ1) is 12.7. The SMILES string of the molecule is CN=C(NCc1cccc(CN(C)C)c1)N1CCN(c2cccs2)CC1.I. The van der Waals surface area contributed by atoms with Gasteiger partial charge in [-0.3, -0.25) is 4.99 Å². The average molecular weight is 499 g/mol. The first kappa shape index (κ1) is 22.0. The van der Waals surface area contributed by atoms with Crippen LogP contribution in [-0.2, 0) is 13.1 Å². The smallest absolute Gasteiger partial charge is 0.194 e. The van der Waals surface area contributed by atoms with Crippen molar-refractivity contribution in [2.24, 2.45) is 4.99 Å². The van der Waals surface area contributed by atoms with Gasteiger partial charge in [0.25, 0.3) is 0 Å². The van der Waals surface area contributed by atoms with Gasteiger partial charge in [-0.2, -0.15) is 0 Å². The molecule has 7 heteroatoms. The molecule has 1 aromatic carbocycles. The van der Waals surface area contributed by atoms with Crippen molar-refractivity contribution >= 4 is 46.3 Å². The number of halogens is 1. The number of hydrogen-bond acceptors (Lipinski definition) is 4. The van der Waals surface area contributed by atoms with Gasteiger partial charge in [-0.15, -0.1) is 35.3 Å². The van der Waals surface area contributed by atoms with Crippen LogP contribution in [0.3, 0.4) is 0 Å². The van der Waals surface area contributed by atoms with Crippen LogP contribution in [0.4, 0.5) is 5.00 Å². The molecule has 148 valence electrons. The first-order valence-corrected chi connectivity index (χ1v) is 10.0. The van der Waals surface area contributed by atoms with Gasteiger partial charge in [-0.25, -0.2) is 0 Å². The Balaban J connectivity index is 0.00000261. The van der Waals surface area contributed by atoms with Gasteiger partial charge in [0.15, 0.2) is 5.96 Å². The number of guanidine groups is 1. The lowest BCUT2D eigenvalue weighted by Gasteiger charge is -2.37. The molecular formula is C20H30IN5S. The summed E-state index contributed by atoms with van der Waals surface area (Å²) in [4.78, 5) is 11.5. The summed E-state index contributed by atoms with van der Waals surface area (Å²) < 4.78 is 0. The van der Waals surface area contributed by atoms with Gasteiger partial charge in [0, 0.05) is 46.3 Å². The number of benzene rings is 1. The predicted octanol–water partition coefficient (Wildman–Crippen LogP) is 3.33. The Labute approximate surface area is 184 Å². The Hall–Kier alpha value is -1.32. The van der Waals surface area contributed by atoms with Gasteiger partial charge in [0.2, 0.25) is 0 Å². The molecule has 0 saturated carbocycles. The molecule has 0 aliphatic carbocycles. The van der Waals surface area contributed by atoms with Crippen LogP contribution in [0, 0.1) is 0 Å². The molecule has 0 spiro atoms. The maximum absolute atomic E-state index is 4.49. The number of hydrogen-bond donors (Lipinski definition) is 1. The Morgan fingerprint density at radius 1 is 1.11 bits per heavy atom. The third kappa shape index (κ3) is 6.36. The summed E-state index contributed by atoms with van der Waals surface area (Å²) in [5.41, 5.74) is 2.64. The van der Waals surface area contributed by atoms with E-state index in [2.05, 4.69) is 80.9 Å². The minimum absolute atomic E-state index is 0. The molecular weight excluding hydrogens is 469 g/mol. The molecule has 0 radical (unpaired) electrons. The van der Waals surface area contributed by atoms with Crippen LogP contribution < -0.4 is 10.2 Å². The predicted molar refractivity (Wildman–Crippen MR) is 128 cm³/mol. The van der Waals surface area contributed by atoms with E-state index in [1.807, 2.05) is 18.4 Å². The second-order valence-electron chi connectivity index (χ2n) is 6.88. The molecule has 27 heavy (non-hydrogen) atoms. The van der Waals surface area contributed by atoms with Crippen LogP contribution in [0.2, 0.25) is 0 Å². The monoisotopic (exact) mass is 499 g/mol. The normalized spacial score (nSPS) is 15.0. The number of nitrogens with zero attached hydrogens (tertiary/aromatic N) is 4. The van der Waals surface area contributed by atoms with Crippen LogP contribution in [0.15, 0.2) is 46.8 Å². The van der Waals surface area contributed by atoms with Gasteiger partial charge in [-0.05, 0) is 42.7 Å². The second kappa shape index (κ2) is 10.9. The fraction of sp³-hybridized carbons (Fsp3) is 0.450. The van der Waals surface area contributed by atoms with Crippen LogP contribution in [0.25, 0.3) is 0 Å². The average Bonchev–Trinajstić information content (AvgIpc) is 3.17. The zero-order valence-corrected chi connectivity index (χ0v) is 19.5. The number of nitrogens with one attached hydrogen (secondary N) is 1. The molecule has 0 bridgehead atoms. The van der Waals surface area contributed by atoms with Crippen molar-refractivity contribution in [1.82, 2.24) is 15.1 Å². The number of thiophene rings is 1. The molecule has 2 heterocycles. The van der Waals surface area contributed by atoms with Crippen molar-refractivity contribution in [2.45, 2.75) is 13.1 Å². The van der Waals surface area contributed by atoms with Crippen LogP contribution in [-0.4, -0.2) is 63.1 Å².